The van der Waals surface area contributed by atoms with E-state index in [2.05, 4.69) is 61.0 Å². The molecule has 0 bridgehead atoms. The van der Waals surface area contributed by atoms with Crippen molar-refractivity contribution in [3.05, 3.63) is 53.6 Å². The van der Waals surface area contributed by atoms with Gasteiger partial charge >= 0.3 is 0 Å². The molecular weight excluding hydrogens is 322 g/mol. The summed E-state index contributed by atoms with van der Waals surface area (Å²) in [6.07, 6.45) is 0. The quantitative estimate of drug-likeness (QED) is 0.691. The molecule has 0 radical (unpaired) electrons. The fourth-order valence-electron chi connectivity index (χ4n) is 3.55. The lowest BCUT2D eigenvalue weighted by molar-refractivity contribution is 0.415. The Labute approximate surface area is 155 Å². The van der Waals surface area contributed by atoms with E-state index in [1.165, 1.54) is 5.56 Å². The summed E-state index contributed by atoms with van der Waals surface area (Å²) in [5, 5.41) is 14.2. The minimum atomic E-state index is 0.311. The van der Waals surface area contributed by atoms with E-state index in [1.54, 1.807) is 7.11 Å². The molecule has 3 aromatic rings. The number of nitriles is 1. The van der Waals surface area contributed by atoms with Gasteiger partial charge in [0, 0.05) is 24.0 Å². The maximum Gasteiger partial charge on any atom is 0.120 e. The molecule has 0 fully saturated rings. The lowest BCUT2D eigenvalue weighted by atomic mass is 10.0. The van der Waals surface area contributed by atoms with Crippen LogP contribution >= 0.6 is 0 Å². The fourth-order valence-corrected chi connectivity index (χ4v) is 3.55. The first-order valence-corrected chi connectivity index (χ1v) is 9.08. The summed E-state index contributed by atoms with van der Waals surface area (Å²) in [5.41, 5.74) is 5.03. The molecule has 1 heterocycles. The van der Waals surface area contributed by atoms with Gasteiger partial charge in [0.1, 0.15) is 11.8 Å². The molecule has 0 aliphatic carbocycles. The molecule has 4 heteroatoms. The van der Waals surface area contributed by atoms with E-state index in [4.69, 9.17) is 4.74 Å². The zero-order valence-corrected chi connectivity index (χ0v) is 15.8. The van der Waals surface area contributed by atoms with Gasteiger partial charge in [-0.3, -0.25) is 0 Å². The summed E-state index contributed by atoms with van der Waals surface area (Å²) in [6.45, 7) is 8.10. The van der Waals surface area contributed by atoms with Crippen molar-refractivity contribution in [1.29, 1.82) is 5.26 Å². The molecule has 0 aliphatic rings. The smallest absolute Gasteiger partial charge is 0.120 e. The third-order valence-corrected chi connectivity index (χ3v) is 4.89. The number of ether oxygens (including phenoxy) is 1. The van der Waals surface area contributed by atoms with E-state index in [0.717, 1.165) is 46.6 Å². The van der Waals surface area contributed by atoms with Gasteiger partial charge in [-0.2, -0.15) is 5.26 Å². The number of hydrogen-bond acceptors (Lipinski definition) is 3. The van der Waals surface area contributed by atoms with Crippen molar-refractivity contribution in [2.45, 2.75) is 33.4 Å². The molecule has 134 valence electrons. The highest BCUT2D eigenvalue weighted by molar-refractivity contribution is 5.95. The predicted molar refractivity (Wildman–Crippen MR) is 106 cm³/mol. The number of benzene rings is 2. The van der Waals surface area contributed by atoms with Crippen LogP contribution in [0.5, 0.6) is 5.75 Å². The Hall–Kier alpha value is -2.77. The number of hydrogen-bond donors (Lipinski definition) is 1. The van der Waals surface area contributed by atoms with Gasteiger partial charge in [-0.25, -0.2) is 0 Å². The third kappa shape index (κ3) is 3.07. The second-order valence-electron chi connectivity index (χ2n) is 6.36. The molecule has 0 saturated heterocycles. The van der Waals surface area contributed by atoms with Crippen molar-refractivity contribution in [3.63, 3.8) is 0 Å². The lowest BCUT2D eigenvalue weighted by Crippen LogP contribution is -2.17. The van der Waals surface area contributed by atoms with Crippen LogP contribution in [-0.2, 0) is 6.54 Å². The van der Waals surface area contributed by atoms with Crippen LogP contribution in [0, 0.1) is 11.3 Å². The summed E-state index contributed by atoms with van der Waals surface area (Å²) in [6, 6.07) is 17.1. The predicted octanol–water partition coefficient (Wildman–Crippen LogP) is 4.88. The Morgan fingerprint density at radius 3 is 2.46 bits per heavy atom. The zero-order chi connectivity index (χ0) is 18.7. The average molecular weight is 347 g/mol. The molecule has 0 spiro atoms. The van der Waals surface area contributed by atoms with Gasteiger partial charge in [0.05, 0.1) is 23.9 Å². The highest BCUT2D eigenvalue weighted by Crippen LogP contribution is 2.35. The molecular formula is C22H25N3O. The van der Waals surface area contributed by atoms with E-state index in [1.807, 2.05) is 18.2 Å². The summed E-state index contributed by atoms with van der Waals surface area (Å²) < 4.78 is 7.57. The van der Waals surface area contributed by atoms with Crippen LogP contribution in [0.1, 0.15) is 37.9 Å². The molecule has 0 aliphatic heterocycles. The number of rotatable bonds is 6. The Kier molecular flexibility index (Phi) is 5.29. The van der Waals surface area contributed by atoms with Crippen LogP contribution in [-0.4, -0.2) is 18.2 Å². The van der Waals surface area contributed by atoms with Crippen molar-refractivity contribution in [3.8, 4) is 23.1 Å². The second kappa shape index (κ2) is 7.63. The van der Waals surface area contributed by atoms with E-state index in [0.29, 0.717) is 6.04 Å². The first-order chi connectivity index (χ1) is 12.6. The van der Waals surface area contributed by atoms with Crippen LogP contribution in [0.15, 0.2) is 42.5 Å². The van der Waals surface area contributed by atoms with E-state index in [-0.39, 0.29) is 0 Å². The molecule has 0 saturated carbocycles. The normalized spacial score (nSPS) is 12.1. The summed E-state index contributed by atoms with van der Waals surface area (Å²) in [7, 11) is 1.66. The second-order valence-corrected chi connectivity index (χ2v) is 6.36. The first-order valence-electron chi connectivity index (χ1n) is 9.08. The van der Waals surface area contributed by atoms with Crippen LogP contribution in [0.2, 0.25) is 0 Å². The SMILES string of the molecule is CCNC(C)c1ccc(-c2c(C#N)c3ccc(OC)cc3n2CC)cc1. The van der Waals surface area contributed by atoms with E-state index < -0.39 is 0 Å². The molecule has 0 amide bonds. The zero-order valence-electron chi connectivity index (χ0n) is 15.8. The number of fused-ring (bicyclic) bond motifs is 1. The molecule has 4 nitrogen and oxygen atoms in total. The Bertz CT molecular complexity index is 948. The highest BCUT2D eigenvalue weighted by atomic mass is 16.5. The van der Waals surface area contributed by atoms with E-state index >= 15 is 0 Å². The number of aromatic nitrogens is 1. The van der Waals surface area contributed by atoms with Crippen molar-refractivity contribution in [1.82, 2.24) is 9.88 Å². The Morgan fingerprint density at radius 1 is 1.15 bits per heavy atom. The average Bonchev–Trinajstić information content (AvgIpc) is 3.00. The van der Waals surface area contributed by atoms with Crippen LogP contribution in [0.3, 0.4) is 0 Å². The van der Waals surface area contributed by atoms with Crippen molar-refractivity contribution < 1.29 is 4.74 Å². The maximum atomic E-state index is 9.82. The van der Waals surface area contributed by atoms with Gasteiger partial charge in [-0.15, -0.1) is 0 Å². The number of nitrogens with zero attached hydrogens (tertiary/aromatic N) is 2. The first kappa shape index (κ1) is 18.0. The molecule has 2 aromatic carbocycles. The van der Waals surface area contributed by atoms with Gasteiger partial charge in [0.25, 0.3) is 0 Å². The van der Waals surface area contributed by atoms with Crippen molar-refractivity contribution >= 4 is 10.9 Å². The summed E-state index contributed by atoms with van der Waals surface area (Å²) in [4.78, 5) is 0. The number of aryl methyl sites for hydroxylation is 1. The Morgan fingerprint density at radius 2 is 1.88 bits per heavy atom. The molecule has 1 N–H and O–H groups in total. The minimum Gasteiger partial charge on any atom is -0.497 e. The van der Waals surface area contributed by atoms with Gasteiger partial charge in [-0.1, -0.05) is 31.2 Å². The molecule has 1 aromatic heterocycles. The minimum absolute atomic E-state index is 0.311. The largest absolute Gasteiger partial charge is 0.497 e. The van der Waals surface area contributed by atoms with E-state index in [9.17, 15) is 5.26 Å². The standard InChI is InChI=1S/C22H25N3O/c1-5-24-15(3)16-7-9-17(10-8-16)22-20(14-23)19-12-11-18(26-4)13-21(19)25(22)6-2/h7-13,15,24H,5-6H2,1-4H3. The summed E-state index contributed by atoms with van der Waals surface area (Å²) in [5.74, 6) is 0.801. The molecule has 1 unspecified atom stereocenters. The molecule has 3 rings (SSSR count). The molecule has 26 heavy (non-hydrogen) atoms. The van der Waals surface area contributed by atoms with Crippen molar-refractivity contribution in [2.24, 2.45) is 0 Å². The number of methoxy groups -OCH3 is 1. The van der Waals surface area contributed by atoms with Crippen molar-refractivity contribution in [2.75, 3.05) is 13.7 Å². The lowest BCUT2D eigenvalue weighted by Gasteiger charge is -2.14. The topological polar surface area (TPSA) is 50.0 Å². The number of nitrogens with one attached hydrogen (secondary N) is 1. The van der Waals surface area contributed by atoms with Gasteiger partial charge in [-0.05, 0) is 43.7 Å². The van der Waals surface area contributed by atoms with Gasteiger partial charge in [0.2, 0.25) is 0 Å². The molecule has 1 atom stereocenters. The van der Waals surface area contributed by atoms with Crippen LogP contribution in [0.4, 0.5) is 0 Å². The van der Waals surface area contributed by atoms with Crippen LogP contribution < -0.4 is 10.1 Å². The maximum absolute atomic E-state index is 9.82. The monoisotopic (exact) mass is 347 g/mol. The fraction of sp³-hybridized carbons (Fsp3) is 0.318. The Balaban J connectivity index is 2.16. The highest BCUT2D eigenvalue weighted by Gasteiger charge is 2.18. The summed E-state index contributed by atoms with van der Waals surface area (Å²) >= 11 is 0. The van der Waals surface area contributed by atoms with Gasteiger partial charge in [0.15, 0.2) is 0 Å². The van der Waals surface area contributed by atoms with Gasteiger partial charge < -0.3 is 14.6 Å². The third-order valence-electron chi connectivity index (χ3n) is 4.89. The van der Waals surface area contributed by atoms with Crippen LogP contribution in [0.25, 0.3) is 22.2 Å².